The van der Waals surface area contributed by atoms with Crippen LogP contribution < -0.4 is 5.32 Å². The van der Waals surface area contributed by atoms with Crippen molar-refractivity contribution < 1.29 is 35.5 Å². The van der Waals surface area contributed by atoms with Crippen molar-refractivity contribution in [2.45, 2.75) is 26.6 Å². The molecule has 0 unspecified atom stereocenters. The molecule has 0 spiro atoms. The highest BCUT2D eigenvalue weighted by atomic mass is 19.4. The second-order valence-electron chi connectivity index (χ2n) is 7.74. The molecule has 35 heavy (non-hydrogen) atoms. The lowest BCUT2D eigenvalue weighted by Gasteiger charge is -2.13. The number of alkyl halides is 3. The highest BCUT2D eigenvalue weighted by Gasteiger charge is 2.34. The molecule has 5 nitrogen and oxygen atoms in total. The lowest BCUT2D eigenvalue weighted by atomic mass is 10.1. The fourth-order valence-corrected chi connectivity index (χ4v) is 3.58. The fraction of sp³-hybridized carbons (Fsp3) is 0.174. The summed E-state index contributed by atoms with van der Waals surface area (Å²) in [5.74, 6) is -5.88. The molecule has 0 aliphatic heterocycles. The zero-order chi connectivity index (χ0) is 25.7. The first-order valence-electron chi connectivity index (χ1n) is 10.0. The highest BCUT2D eigenvalue weighted by Crippen LogP contribution is 2.32. The molecule has 1 N–H and O–H groups in total. The van der Waals surface area contributed by atoms with Crippen molar-refractivity contribution in [1.29, 1.82) is 0 Å². The van der Waals surface area contributed by atoms with Crippen LogP contribution in [-0.2, 0) is 12.7 Å². The molecule has 0 saturated carbocycles. The number of carbonyl (C=O) groups excluding carboxylic acids is 1. The van der Waals surface area contributed by atoms with E-state index in [1.165, 1.54) is 17.7 Å². The Balaban J connectivity index is 1.72. The van der Waals surface area contributed by atoms with Crippen LogP contribution in [0.4, 0.5) is 36.4 Å². The molecule has 4 rings (SSSR count). The third kappa shape index (κ3) is 4.68. The van der Waals surface area contributed by atoms with Gasteiger partial charge in [0, 0.05) is 11.5 Å². The smallest absolute Gasteiger partial charge is 0.319 e. The summed E-state index contributed by atoms with van der Waals surface area (Å²) in [6.07, 6.45) is -4.95. The van der Waals surface area contributed by atoms with E-state index in [2.05, 4.69) is 15.4 Å². The molecule has 2 aromatic heterocycles. The Kier molecular flexibility index (Phi) is 5.99. The summed E-state index contributed by atoms with van der Waals surface area (Å²) in [7, 11) is 0. The number of nitrogens with one attached hydrogen (secondary N) is 1. The number of nitrogens with zero attached hydrogens (tertiary/aromatic N) is 3. The number of aromatic nitrogens is 3. The Morgan fingerprint density at radius 2 is 1.60 bits per heavy atom. The SMILES string of the molecule is Cc1nn(Cc2ccc(F)c(F)c2)c(C)c1NC(=O)c1cc(C(F)(F)F)nc2cc(F)c(F)cc12. The van der Waals surface area contributed by atoms with E-state index in [9.17, 15) is 35.5 Å². The predicted molar refractivity (Wildman–Crippen MR) is 112 cm³/mol. The molecule has 0 saturated heterocycles. The van der Waals surface area contributed by atoms with Gasteiger partial charge < -0.3 is 5.32 Å². The molecule has 12 heteroatoms. The highest BCUT2D eigenvalue weighted by molar-refractivity contribution is 6.12. The van der Waals surface area contributed by atoms with Gasteiger partial charge >= 0.3 is 6.18 Å². The van der Waals surface area contributed by atoms with Gasteiger partial charge in [-0.15, -0.1) is 0 Å². The summed E-state index contributed by atoms with van der Waals surface area (Å²) in [5, 5.41) is 6.37. The van der Waals surface area contributed by atoms with Crippen LogP contribution in [0.3, 0.4) is 0 Å². The quantitative estimate of drug-likeness (QED) is 0.357. The number of fused-ring (bicyclic) bond motifs is 1. The van der Waals surface area contributed by atoms with E-state index in [0.29, 0.717) is 29.5 Å². The van der Waals surface area contributed by atoms with Crippen LogP contribution >= 0.6 is 0 Å². The first kappa shape index (κ1) is 24.2. The van der Waals surface area contributed by atoms with E-state index in [4.69, 9.17) is 0 Å². The normalized spacial score (nSPS) is 11.8. The number of aryl methyl sites for hydroxylation is 1. The van der Waals surface area contributed by atoms with Gasteiger partial charge in [0.2, 0.25) is 0 Å². The maximum atomic E-state index is 13.8. The third-order valence-electron chi connectivity index (χ3n) is 5.32. The molecule has 0 aliphatic rings. The van der Waals surface area contributed by atoms with Crippen LogP contribution in [0.1, 0.15) is 33.0 Å². The zero-order valence-corrected chi connectivity index (χ0v) is 18.1. The Bertz CT molecular complexity index is 1480. The summed E-state index contributed by atoms with van der Waals surface area (Å²) < 4.78 is 95.6. The maximum absolute atomic E-state index is 13.8. The molecule has 1 amide bonds. The Hall–Kier alpha value is -3.96. The number of halogens is 7. The Labute approximate surface area is 193 Å². The van der Waals surface area contributed by atoms with Crippen LogP contribution in [-0.4, -0.2) is 20.7 Å². The summed E-state index contributed by atoms with van der Waals surface area (Å²) in [5.41, 5.74) is -1.40. The molecule has 0 radical (unpaired) electrons. The molecule has 182 valence electrons. The van der Waals surface area contributed by atoms with E-state index in [-0.39, 0.29) is 23.3 Å². The lowest BCUT2D eigenvalue weighted by molar-refractivity contribution is -0.141. The predicted octanol–water partition coefficient (Wildman–Crippen LogP) is 5.92. The van der Waals surface area contributed by atoms with Crippen LogP contribution in [0.25, 0.3) is 10.9 Å². The van der Waals surface area contributed by atoms with Crippen LogP contribution in [0, 0.1) is 37.1 Å². The second-order valence-corrected chi connectivity index (χ2v) is 7.74. The summed E-state index contributed by atoms with van der Waals surface area (Å²) >= 11 is 0. The fourth-order valence-electron chi connectivity index (χ4n) is 3.58. The van der Waals surface area contributed by atoms with Gasteiger partial charge in [-0.05, 0) is 43.7 Å². The minimum absolute atomic E-state index is 0.0145. The monoisotopic (exact) mass is 496 g/mol. The van der Waals surface area contributed by atoms with Crippen molar-refractivity contribution in [2.75, 3.05) is 5.32 Å². The van der Waals surface area contributed by atoms with Crippen molar-refractivity contribution in [2.24, 2.45) is 0 Å². The second kappa shape index (κ2) is 8.67. The third-order valence-corrected chi connectivity index (χ3v) is 5.32. The topological polar surface area (TPSA) is 59.8 Å². The number of carbonyl (C=O) groups is 1. The lowest BCUT2D eigenvalue weighted by Crippen LogP contribution is -2.17. The Morgan fingerprint density at radius 1 is 0.943 bits per heavy atom. The molecule has 0 bridgehead atoms. The number of pyridine rings is 1. The van der Waals surface area contributed by atoms with Crippen molar-refractivity contribution in [3.8, 4) is 0 Å². The first-order valence-corrected chi connectivity index (χ1v) is 10.0. The first-order chi connectivity index (χ1) is 16.3. The maximum Gasteiger partial charge on any atom is 0.433 e. The number of hydrogen-bond donors (Lipinski definition) is 1. The van der Waals surface area contributed by atoms with Gasteiger partial charge in [0.15, 0.2) is 23.3 Å². The molecule has 0 aliphatic carbocycles. The number of hydrogen-bond acceptors (Lipinski definition) is 3. The minimum Gasteiger partial charge on any atom is -0.319 e. The van der Waals surface area contributed by atoms with Gasteiger partial charge in [0.25, 0.3) is 5.91 Å². The molecule has 2 heterocycles. The average molecular weight is 496 g/mol. The van der Waals surface area contributed by atoms with Crippen molar-refractivity contribution in [3.63, 3.8) is 0 Å². The summed E-state index contributed by atoms with van der Waals surface area (Å²) in [4.78, 5) is 16.3. The van der Waals surface area contributed by atoms with Crippen LogP contribution in [0.5, 0.6) is 0 Å². The van der Waals surface area contributed by atoms with Crippen molar-refractivity contribution in [3.05, 3.63) is 87.9 Å². The van der Waals surface area contributed by atoms with Gasteiger partial charge in [0.1, 0.15) is 5.69 Å². The van der Waals surface area contributed by atoms with E-state index in [0.717, 1.165) is 12.1 Å². The largest absolute Gasteiger partial charge is 0.433 e. The average Bonchev–Trinajstić information content (AvgIpc) is 3.03. The van der Waals surface area contributed by atoms with E-state index in [1.54, 1.807) is 6.92 Å². The van der Waals surface area contributed by atoms with Crippen molar-refractivity contribution in [1.82, 2.24) is 14.8 Å². The molecule has 0 fully saturated rings. The van der Waals surface area contributed by atoms with Gasteiger partial charge in [-0.25, -0.2) is 22.5 Å². The molecule has 2 aromatic carbocycles. The molecular formula is C23H15F7N4O. The summed E-state index contributed by atoms with van der Waals surface area (Å²) in [6, 6.07) is 4.81. The van der Waals surface area contributed by atoms with Gasteiger partial charge in [-0.3, -0.25) is 9.48 Å². The molecular weight excluding hydrogens is 481 g/mol. The number of benzene rings is 2. The minimum atomic E-state index is -4.95. The van der Waals surface area contributed by atoms with Crippen LogP contribution in [0.15, 0.2) is 36.4 Å². The molecule has 0 atom stereocenters. The van der Waals surface area contributed by atoms with Crippen LogP contribution in [0.2, 0.25) is 0 Å². The standard InChI is InChI=1S/C23H15F7N4O/c1-10-21(11(2)34(33-10)9-12-3-4-15(24)16(25)5-12)32-22(35)14-7-20(23(28,29)30)31-19-8-18(27)17(26)6-13(14)19/h3-8H,9H2,1-2H3,(H,32,35). The van der Waals surface area contributed by atoms with Gasteiger partial charge in [0.05, 0.1) is 34.7 Å². The van der Waals surface area contributed by atoms with E-state index < -0.39 is 52.1 Å². The number of rotatable bonds is 4. The van der Waals surface area contributed by atoms with Gasteiger partial charge in [-0.2, -0.15) is 18.3 Å². The zero-order valence-electron chi connectivity index (χ0n) is 18.1. The summed E-state index contributed by atoms with van der Waals surface area (Å²) in [6.45, 7) is 3.09. The van der Waals surface area contributed by atoms with Crippen molar-refractivity contribution >= 4 is 22.5 Å². The Morgan fingerprint density at radius 3 is 2.26 bits per heavy atom. The van der Waals surface area contributed by atoms with E-state index >= 15 is 0 Å². The number of anilines is 1. The van der Waals surface area contributed by atoms with E-state index in [1.807, 2.05) is 0 Å². The van der Waals surface area contributed by atoms with Gasteiger partial charge in [-0.1, -0.05) is 6.07 Å². The molecule has 4 aromatic rings. The number of amides is 1.